The zero-order chi connectivity index (χ0) is 23.8. The second-order valence-electron chi connectivity index (χ2n) is 7.93. The van der Waals surface area contributed by atoms with E-state index in [9.17, 15) is 18.5 Å². The molecule has 2 aromatic heterocycles. The van der Waals surface area contributed by atoms with E-state index in [1.54, 1.807) is 31.6 Å². The smallest absolute Gasteiger partial charge is 0.252 e. The number of hydrogen-bond donors (Lipinski definition) is 2. The molecule has 0 fully saturated rings. The fraction of sp³-hybridized carbons (Fsp3) is 0.333. The highest BCUT2D eigenvalue weighted by Gasteiger charge is 2.31. The summed E-state index contributed by atoms with van der Waals surface area (Å²) in [5.74, 6) is -0.316. The van der Waals surface area contributed by atoms with Crippen LogP contribution in [0.2, 0.25) is 0 Å². The van der Waals surface area contributed by atoms with Crippen molar-refractivity contribution in [2.24, 2.45) is 7.05 Å². The number of anilines is 2. The number of carbonyl (C=O) groups is 1. The second kappa shape index (κ2) is 8.93. The first kappa shape index (κ1) is 22.9. The monoisotopic (exact) mass is 485 g/mol. The highest BCUT2D eigenvalue weighted by atomic mass is 32.2. The molecule has 33 heavy (non-hydrogen) atoms. The average Bonchev–Trinajstić information content (AvgIpc) is 3.32. The third kappa shape index (κ3) is 4.90. The molecule has 172 valence electrons. The number of imidazole rings is 1. The number of sulfonamides is 1. The van der Waals surface area contributed by atoms with E-state index in [4.69, 9.17) is 0 Å². The molecule has 1 aliphatic rings. The third-order valence-corrected chi connectivity index (χ3v) is 8.53. The number of nitriles is 1. The fourth-order valence-electron chi connectivity index (χ4n) is 3.89. The van der Waals surface area contributed by atoms with E-state index in [2.05, 4.69) is 31.0 Å². The molecule has 1 aromatic carbocycles. The van der Waals surface area contributed by atoms with Crippen molar-refractivity contribution < 1.29 is 13.2 Å². The van der Waals surface area contributed by atoms with Crippen molar-refractivity contribution in [3.8, 4) is 6.07 Å². The average molecular weight is 486 g/mol. The number of carbonyl (C=O) groups excluding carboxylic acids is 1. The lowest BCUT2D eigenvalue weighted by molar-refractivity contribution is -0.114. The molecule has 3 aromatic rings. The highest BCUT2D eigenvalue weighted by molar-refractivity contribution is 7.91. The molecule has 1 atom stereocenters. The number of amides is 1. The number of hydrogen-bond acceptors (Lipinski definition) is 8. The first-order valence-corrected chi connectivity index (χ1v) is 12.5. The number of nitrogens with one attached hydrogen (secondary N) is 2. The number of aromatic nitrogens is 3. The summed E-state index contributed by atoms with van der Waals surface area (Å²) in [7, 11) is -1.96. The van der Waals surface area contributed by atoms with Crippen LogP contribution < -0.4 is 14.9 Å². The van der Waals surface area contributed by atoms with Crippen LogP contribution in [0.3, 0.4) is 0 Å². The Labute approximate surface area is 195 Å². The Bertz CT molecular complexity index is 1350. The third-order valence-electron chi connectivity index (χ3n) is 5.33. The van der Waals surface area contributed by atoms with Crippen LogP contribution >= 0.6 is 11.3 Å². The minimum atomic E-state index is -3.87. The van der Waals surface area contributed by atoms with Gasteiger partial charge < -0.3 is 14.8 Å². The topological polar surface area (TPSA) is 133 Å². The zero-order valence-electron chi connectivity index (χ0n) is 18.4. The molecule has 12 heteroatoms. The minimum absolute atomic E-state index is 0.0704. The Balaban J connectivity index is 1.62. The molecule has 0 radical (unpaired) electrons. The number of fused-ring (bicyclic) bond motifs is 1. The first-order valence-electron chi connectivity index (χ1n) is 10.2. The summed E-state index contributed by atoms with van der Waals surface area (Å²) in [6.45, 7) is 3.93. The van der Waals surface area contributed by atoms with Crippen molar-refractivity contribution in [1.29, 1.82) is 5.26 Å². The molecule has 0 bridgehead atoms. The number of aryl methyl sites for hydroxylation is 2. The number of benzene rings is 1. The number of nitrogens with zero attached hydrogens (tertiary/aromatic N) is 5. The Kier molecular flexibility index (Phi) is 6.20. The predicted octanol–water partition coefficient (Wildman–Crippen LogP) is 1.92. The molecule has 1 amide bonds. The van der Waals surface area contributed by atoms with E-state index in [0.29, 0.717) is 30.8 Å². The largest absolute Gasteiger partial charge is 0.364 e. The van der Waals surface area contributed by atoms with E-state index < -0.39 is 16.1 Å². The molecule has 1 unspecified atom stereocenters. The first-order chi connectivity index (χ1) is 15.7. The molecule has 2 N–H and O–H groups in total. The van der Waals surface area contributed by atoms with Crippen LogP contribution in [0.5, 0.6) is 0 Å². The van der Waals surface area contributed by atoms with Gasteiger partial charge in [0.2, 0.25) is 5.91 Å². The molecular formula is C21H23N7O3S2. The lowest BCUT2D eigenvalue weighted by atomic mass is 9.96. The van der Waals surface area contributed by atoms with Gasteiger partial charge in [0.1, 0.15) is 0 Å². The molecule has 3 heterocycles. The maximum Gasteiger partial charge on any atom is 0.252 e. The van der Waals surface area contributed by atoms with Gasteiger partial charge in [0, 0.05) is 38.4 Å². The molecule has 0 saturated heterocycles. The van der Waals surface area contributed by atoms with E-state index in [0.717, 1.165) is 28.3 Å². The van der Waals surface area contributed by atoms with Gasteiger partial charge in [0.25, 0.3) is 10.0 Å². The molecule has 4 rings (SSSR count). The van der Waals surface area contributed by atoms with Crippen LogP contribution in [-0.4, -0.2) is 41.4 Å². The molecule has 0 spiro atoms. The Morgan fingerprint density at radius 3 is 2.85 bits per heavy atom. The van der Waals surface area contributed by atoms with Gasteiger partial charge in [-0.05, 0) is 37.1 Å². The summed E-state index contributed by atoms with van der Waals surface area (Å²) < 4.78 is 31.2. The Morgan fingerprint density at radius 1 is 1.39 bits per heavy atom. The summed E-state index contributed by atoms with van der Waals surface area (Å²) in [4.78, 5) is 21.7. The summed E-state index contributed by atoms with van der Waals surface area (Å²) in [6, 6.07) is 7.20. The van der Waals surface area contributed by atoms with Crippen LogP contribution in [0.4, 0.5) is 10.8 Å². The second-order valence-corrected chi connectivity index (χ2v) is 10.8. The van der Waals surface area contributed by atoms with Crippen molar-refractivity contribution in [2.45, 2.75) is 37.1 Å². The van der Waals surface area contributed by atoms with Crippen molar-refractivity contribution in [2.75, 3.05) is 16.8 Å². The van der Waals surface area contributed by atoms with Gasteiger partial charge in [-0.25, -0.2) is 23.1 Å². The summed E-state index contributed by atoms with van der Waals surface area (Å²) in [6.07, 6.45) is 3.95. The van der Waals surface area contributed by atoms with E-state index in [1.165, 1.54) is 6.92 Å². The lowest BCUT2D eigenvalue weighted by Gasteiger charge is -2.36. The summed E-state index contributed by atoms with van der Waals surface area (Å²) >= 11 is 0.920. The van der Waals surface area contributed by atoms with Crippen molar-refractivity contribution >= 4 is 38.1 Å². The van der Waals surface area contributed by atoms with Crippen molar-refractivity contribution in [3.63, 3.8) is 0 Å². The molecule has 0 saturated carbocycles. The SMILES string of the molecule is CC(=O)Nc1nc(C)c(S(=O)(=O)NC2Cc3cc(C#N)ccc3N(Cc3cncn3C)C2)s1. The van der Waals surface area contributed by atoms with Crippen LogP contribution in [0, 0.1) is 18.3 Å². The molecule has 10 nitrogen and oxygen atoms in total. The standard InChI is InChI=1S/C21H23N7O3S2/c1-13-20(32-21(24-13)25-14(2)29)33(30,31)26-17-7-16-6-15(8-22)4-5-19(16)28(10-17)11-18-9-23-12-27(18)3/h4-6,9,12,17,26H,7,10-11H2,1-3H3,(H,24,25,29). The summed E-state index contributed by atoms with van der Waals surface area (Å²) in [5.41, 5.74) is 3.69. The van der Waals surface area contributed by atoms with Gasteiger partial charge in [0.15, 0.2) is 9.34 Å². The van der Waals surface area contributed by atoms with Crippen LogP contribution in [0.25, 0.3) is 0 Å². The molecule has 0 aliphatic carbocycles. The number of rotatable bonds is 6. The normalized spacial score (nSPS) is 15.7. The maximum absolute atomic E-state index is 13.2. The number of thiazole rings is 1. The Morgan fingerprint density at radius 2 is 2.18 bits per heavy atom. The van der Waals surface area contributed by atoms with Gasteiger partial charge in [-0.15, -0.1) is 0 Å². The Hall–Kier alpha value is -3.27. The van der Waals surface area contributed by atoms with Gasteiger partial charge in [0.05, 0.1) is 35.9 Å². The molecule has 1 aliphatic heterocycles. The quantitative estimate of drug-likeness (QED) is 0.545. The van der Waals surface area contributed by atoms with E-state index in [-0.39, 0.29) is 15.2 Å². The van der Waals surface area contributed by atoms with E-state index in [1.807, 2.05) is 17.7 Å². The highest BCUT2D eigenvalue weighted by Crippen LogP contribution is 2.32. The van der Waals surface area contributed by atoms with Crippen molar-refractivity contribution in [1.82, 2.24) is 19.3 Å². The lowest BCUT2D eigenvalue weighted by Crippen LogP contribution is -2.48. The van der Waals surface area contributed by atoms with Crippen LogP contribution in [0.15, 0.2) is 34.9 Å². The maximum atomic E-state index is 13.2. The zero-order valence-corrected chi connectivity index (χ0v) is 20.0. The van der Waals surface area contributed by atoms with Gasteiger partial charge in [-0.3, -0.25) is 4.79 Å². The van der Waals surface area contributed by atoms with Crippen LogP contribution in [-0.2, 0) is 34.8 Å². The van der Waals surface area contributed by atoms with Crippen LogP contribution in [0.1, 0.15) is 29.4 Å². The van der Waals surface area contributed by atoms with Gasteiger partial charge in [-0.2, -0.15) is 5.26 Å². The molecular weight excluding hydrogens is 462 g/mol. The summed E-state index contributed by atoms with van der Waals surface area (Å²) in [5, 5.41) is 12.1. The van der Waals surface area contributed by atoms with Crippen molar-refractivity contribution in [3.05, 3.63) is 53.2 Å². The predicted molar refractivity (Wildman–Crippen MR) is 124 cm³/mol. The van der Waals surface area contributed by atoms with Gasteiger partial charge >= 0.3 is 0 Å². The minimum Gasteiger partial charge on any atom is -0.364 e. The van der Waals surface area contributed by atoms with Gasteiger partial charge in [-0.1, -0.05) is 11.3 Å². The fourth-order valence-corrected chi connectivity index (χ4v) is 6.60. The van der Waals surface area contributed by atoms with E-state index >= 15 is 0 Å².